The molecule has 2 heteroatoms. The fraction of sp³-hybridized carbons (Fsp3) is 0.923. The molecule has 0 radical (unpaired) electrons. The molecule has 1 saturated carbocycles. The normalized spacial score (nSPS) is 29.3. The lowest BCUT2D eigenvalue weighted by Gasteiger charge is -2.42. The smallest absolute Gasteiger partial charge is 0.133 e. The first-order valence-corrected chi connectivity index (χ1v) is 6.33. The number of likely N-dealkylation sites (tertiary alicyclic amines) is 1. The summed E-state index contributed by atoms with van der Waals surface area (Å²) >= 11 is 0. The molecule has 1 heterocycles. The van der Waals surface area contributed by atoms with Gasteiger partial charge in [-0.1, -0.05) is 13.8 Å². The van der Waals surface area contributed by atoms with Gasteiger partial charge in [0.15, 0.2) is 0 Å². The van der Waals surface area contributed by atoms with Crippen LogP contribution in [0.5, 0.6) is 0 Å². The number of piperidine rings is 1. The summed E-state index contributed by atoms with van der Waals surface area (Å²) in [5, 5.41) is 0. The first-order valence-electron chi connectivity index (χ1n) is 6.33. The number of hydrogen-bond donors (Lipinski definition) is 0. The Morgan fingerprint density at radius 2 is 1.67 bits per heavy atom. The zero-order valence-electron chi connectivity index (χ0n) is 10.1. The summed E-state index contributed by atoms with van der Waals surface area (Å²) in [4.78, 5) is 13.8. The lowest BCUT2D eigenvalue weighted by molar-refractivity contribution is -0.121. The highest BCUT2D eigenvalue weighted by molar-refractivity contribution is 5.79. The van der Waals surface area contributed by atoms with E-state index in [2.05, 4.69) is 18.7 Å². The second kappa shape index (κ2) is 4.25. The highest BCUT2D eigenvalue weighted by Crippen LogP contribution is 2.32. The first kappa shape index (κ1) is 11.1. The highest BCUT2D eigenvalue weighted by atomic mass is 16.1. The van der Waals surface area contributed by atoms with Crippen LogP contribution in [0.3, 0.4) is 0 Å². The number of carbonyl (C=O) groups is 1. The van der Waals surface area contributed by atoms with Crippen molar-refractivity contribution in [3.8, 4) is 0 Å². The fourth-order valence-electron chi connectivity index (χ4n) is 2.78. The second-order valence-electron chi connectivity index (χ2n) is 5.97. The second-order valence-corrected chi connectivity index (χ2v) is 5.97. The average molecular weight is 209 g/mol. The summed E-state index contributed by atoms with van der Waals surface area (Å²) < 4.78 is 0. The minimum atomic E-state index is 0.476. The number of carbonyl (C=O) groups excluding carboxylic acids is 1. The van der Waals surface area contributed by atoms with Gasteiger partial charge in [0.25, 0.3) is 0 Å². The molecule has 0 N–H and O–H groups in total. The number of nitrogens with zero attached hydrogens (tertiary/aromatic N) is 1. The molecule has 1 aliphatic carbocycles. The first-order chi connectivity index (χ1) is 7.07. The van der Waals surface area contributed by atoms with Crippen molar-refractivity contribution in [2.24, 2.45) is 5.41 Å². The van der Waals surface area contributed by atoms with Crippen LogP contribution >= 0.6 is 0 Å². The van der Waals surface area contributed by atoms with Gasteiger partial charge < -0.3 is 4.90 Å². The monoisotopic (exact) mass is 209 g/mol. The molecule has 1 saturated heterocycles. The summed E-state index contributed by atoms with van der Waals surface area (Å²) in [7, 11) is 0. The zero-order valence-corrected chi connectivity index (χ0v) is 10.1. The third kappa shape index (κ3) is 2.81. The molecule has 2 aliphatic rings. The van der Waals surface area contributed by atoms with E-state index in [1.165, 1.54) is 25.9 Å². The van der Waals surface area contributed by atoms with Crippen LogP contribution in [-0.2, 0) is 4.79 Å². The van der Waals surface area contributed by atoms with E-state index < -0.39 is 0 Å². The van der Waals surface area contributed by atoms with Crippen molar-refractivity contribution in [2.45, 2.75) is 58.4 Å². The molecule has 2 nitrogen and oxygen atoms in total. The SMILES string of the molecule is CC1(C)CCN(C2CCC(=O)CC2)CC1. The number of hydrogen-bond acceptors (Lipinski definition) is 2. The van der Waals surface area contributed by atoms with Crippen molar-refractivity contribution in [3.05, 3.63) is 0 Å². The van der Waals surface area contributed by atoms with E-state index in [-0.39, 0.29) is 0 Å². The average Bonchev–Trinajstić information content (AvgIpc) is 2.20. The van der Waals surface area contributed by atoms with E-state index in [9.17, 15) is 4.79 Å². The van der Waals surface area contributed by atoms with Gasteiger partial charge in [-0.15, -0.1) is 0 Å². The fourth-order valence-corrected chi connectivity index (χ4v) is 2.78. The van der Waals surface area contributed by atoms with Crippen molar-refractivity contribution in [2.75, 3.05) is 13.1 Å². The van der Waals surface area contributed by atoms with Crippen LogP contribution < -0.4 is 0 Å². The lowest BCUT2D eigenvalue weighted by Crippen LogP contribution is -2.45. The van der Waals surface area contributed by atoms with Gasteiger partial charge in [-0.2, -0.15) is 0 Å². The lowest BCUT2D eigenvalue weighted by atomic mass is 9.81. The van der Waals surface area contributed by atoms with Gasteiger partial charge in [-0.25, -0.2) is 0 Å². The van der Waals surface area contributed by atoms with Crippen LogP contribution in [-0.4, -0.2) is 29.8 Å². The Kier molecular flexibility index (Phi) is 3.15. The molecule has 0 bridgehead atoms. The van der Waals surface area contributed by atoms with Crippen LogP contribution in [0.1, 0.15) is 52.4 Å². The van der Waals surface area contributed by atoms with Gasteiger partial charge in [-0.3, -0.25) is 4.79 Å². The molecular weight excluding hydrogens is 186 g/mol. The van der Waals surface area contributed by atoms with Crippen molar-refractivity contribution >= 4 is 5.78 Å². The molecule has 15 heavy (non-hydrogen) atoms. The Bertz CT molecular complexity index is 227. The molecule has 0 spiro atoms. The van der Waals surface area contributed by atoms with Crippen molar-refractivity contribution in [1.29, 1.82) is 0 Å². The van der Waals surface area contributed by atoms with Crippen LogP contribution in [0.25, 0.3) is 0 Å². The van der Waals surface area contributed by atoms with E-state index in [1.54, 1.807) is 0 Å². The molecule has 0 unspecified atom stereocenters. The quantitative estimate of drug-likeness (QED) is 0.661. The van der Waals surface area contributed by atoms with Gasteiger partial charge >= 0.3 is 0 Å². The molecule has 0 atom stereocenters. The van der Waals surface area contributed by atoms with Crippen LogP contribution in [0.4, 0.5) is 0 Å². The number of ketones is 1. The predicted molar refractivity (Wildman–Crippen MR) is 61.9 cm³/mol. The summed E-state index contributed by atoms with van der Waals surface area (Å²) in [5.74, 6) is 0.476. The van der Waals surface area contributed by atoms with Gasteiger partial charge in [-0.05, 0) is 44.2 Å². The molecule has 0 aromatic carbocycles. The zero-order chi connectivity index (χ0) is 10.9. The molecular formula is C13H23NO. The summed E-state index contributed by atoms with van der Waals surface area (Å²) in [6, 6.07) is 0.707. The number of rotatable bonds is 1. The van der Waals surface area contributed by atoms with Crippen molar-refractivity contribution in [1.82, 2.24) is 4.90 Å². The highest BCUT2D eigenvalue weighted by Gasteiger charge is 2.30. The largest absolute Gasteiger partial charge is 0.300 e. The van der Waals surface area contributed by atoms with Crippen molar-refractivity contribution in [3.63, 3.8) is 0 Å². The molecule has 0 amide bonds. The Balaban J connectivity index is 1.83. The molecule has 1 aliphatic heterocycles. The standard InChI is InChI=1S/C13H23NO/c1-13(2)7-9-14(10-8-13)11-3-5-12(15)6-4-11/h11H,3-10H2,1-2H3. The maximum absolute atomic E-state index is 11.2. The minimum Gasteiger partial charge on any atom is -0.300 e. The summed E-state index contributed by atoms with van der Waals surface area (Å²) in [6.07, 6.45) is 6.50. The molecule has 2 rings (SSSR count). The van der Waals surface area contributed by atoms with Gasteiger partial charge in [0.1, 0.15) is 5.78 Å². The Hall–Kier alpha value is -0.370. The van der Waals surface area contributed by atoms with Crippen LogP contribution in [0, 0.1) is 5.41 Å². The molecule has 0 aromatic heterocycles. The molecule has 2 fully saturated rings. The van der Waals surface area contributed by atoms with E-state index in [0.717, 1.165) is 25.7 Å². The van der Waals surface area contributed by atoms with Gasteiger partial charge in [0.2, 0.25) is 0 Å². The van der Waals surface area contributed by atoms with Crippen LogP contribution in [0.15, 0.2) is 0 Å². The van der Waals surface area contributed by atoms with Gasteiger partial charge in [0.05, 0.1) is 0 Å². The van der Waals surface area contributed by atoms with Crippen molar-refractivity contribution < 1.29 is 4.79 Å². The maximum Gasteiger partial charge on any atom is 0.133 e. The summed E-state index contributed by atoms with van der Waals surface area (Å²) in [6.45, 7) is 7.22. The number of Topliss-reactive ketones (excluding diaryl/α,β-unsaturated/α-hetero) is 1. The minimum absolute atomic E-state index is 0.476. The van der Waals surface area contributed by atoms with Gasteiger partial charge in [0, 0.05) is 18.9 Å². The Morgan fingerprint density at radius 3 is 2.20 bits per heavy atom. The third-order valence-corrected chi connectivity index (χ3v) is 4.18. The summed E-state index contributed by atoms with van der Waals surface area (Å²) in [5.41, 5.74) is 0.543. The third-order valence-electron chi connectivity index (χ3n) is 4.18. The van der Waals surface area contributed by atoms with E-state index in [1.807, 2.05) is 0 Å². The predicted octanol–water partition coefficient (Wildman–Crippen LogP) is 2.62. The van der Waals surface area contributed by atoms with E-state index >= 15 is 0 Å². The molecule has 86 valence electrons. The topological polar surface area (TPSA) is 20.3 Å². The van der Waals surface area contributed by atoms with Crippen LogP contribution in [0.2, 0.25) is 0 Å². The van der Waals surface area contributed by atoms with E-state index in [4.69, 9.17) is 0 Å². The maximum atomic E-state index is 11.2. The Labute approximate surface area is 93.0 Å². The molecule has 0 aromatic rings. The Morgan fingerprint density at radius 1 is 1.13 bits per heavy atom. The van der Waals surface area contributed by atoms with E-state index in [0.29, 0.717) is 17.2 Å².